The standard InChI is InChI=1S/C20H23FN6O/c21-15-3-5-18-17(10-15)19(25-28-18)27-9-8-26-12-14(2-4-16(26)13-27)11-24-20-22-6-1-7-23-20/h1,3,5-7,10,14,16H,2,4,8-9,11-13H2,(H,22,23,24). The molecule has 2 aliphatic rings. The van der Waals surface area contributed by atoms with Crippen LogP contribution in [0, 0.1) is 11.7 Å². The molecule has 5 rings (SSSR count). The number of nitrogens with zero attached hydrogens (tertiary/aromatic N) is 5. The van der Waals surface area contributed by atoms with Crippen molar-refractivity contribution < 1.29 is 8.91 Å². The van der Waals surface area contributed by atoms with E-state index in [2.05, 4.69) is 30.2 Å². The number of hydrogen-bond acceptors (Lipinski definition) is 7. The summed E-state index contributed by atoms with van der Waals surface area (Å²) in [5.41, 5.74) is 0.636. The lowest BCUT2D eigenvalue weighted by molar-refractivity contribution is 0.0994. The van der Waals surface area contributed by atoms with Crippen molar-refractivity contribution >= 4 is 22.7 Å². The molecule has 2 saturated heterocycles. The Morgan fingerprint density at radius 3 is 2.93 bits per heavy atom. The SMILES string of the molecule is Fc1ccc2onc(N3CCN4CC(CNc5ncccn5)CCC4C3)c2c1. The molecule has 2 atom stereocenters. The summed E-state index contributed by atoms with van der Waals surface area (Å²) in [6, 6.07) is 6.89. The lowest BCUT2D eigenvalue weighted by Gasteiger charge is -2.46. The summed E-state index contributed by atoms with van der Waals surface area (Å²) >= 11 is 0. The number of halogens is 1. The predicted molar refractivity (Wildman–Crippen MR) is 105 cm³/mol. The van der Waals surface area contributed by atoms with Crippen molar-refractivity contribution in [3.63, 3.8) is 0 Å². The van der Waals surface area contributed by atoms with E-state index in [1.54, 1.807) is 18.5 Å². The van der Waals surface area contributed by atoms with E-state index in [4.69, 9.17) is 4.52 Å². The van der Waals surface area contributed by atoms with Gasteiger partial charge in [0.2, 0.25) is 5.95 Å². The zero-order valence-corrected chi connectivity index (χ0v) is 15.6. The highest BCUT2D eigenvalue weighted by atomic mass is 19.1. The van der Waals surface area contributed by atoms with E-state index in [9.17, 15) is 4.39 Å². The first kappa shape index (κ1) is 17.4. The van der Waals surface area contributed by atoms with Crippen LogP contribution in [0.3, 0.4) is 0 Å². The quantitative estimate of drug-likeness (QED) is 0.744. The Hall–Kier alpha value is -2.74. The van der Waals surface area contributed by atoms with Crippen molar-refractivity contribution in [2.75, 3.05) is 42.9 Å². The molecular formula is C20H23FN6O. The van der Waals surface area contributed by atoms with Gasteiger partial charge in [0.1, 0.15) is 5.82 Å². The average molecular weight is 382 g/mol. The second-order valence-corrected chi connectivity index (χ2v) is 7.64. The highest BCUT2D eigenvalue weighted by Gasteiger charge is 2.34. The first-order valence-corrected chi connectivity index (χ1v) is 9.81. The molecule has 2 aliphatic heterocycles. The first-order chi connectivity index (χ1) is 13.8. The number of rotatable bonds is 4. The van der Waals surface area contributed by atoms with Crippen LogP contribution in [0.1, 0.15) is 12.8 Å². The van der Waals surface area contributed by atoms with Gasteiger partial charge in [-0.3, -0.25) is 4.90 Å². The summed E-state index contributed by atoms with van der Waals surface area (Å²) in [6.07, 6.45) is 5.82. The minimum absolute atomic E-state index is 0.258. The molecule has 2 unspecified atom stereocenters. The number of piperazine rings is 1. The summed E-state index contributed by atoms with van der Waals surface area (Å²) in [4.78, 5) is 13.3. The molecule has 4 heterocycles. The monoisotopic (exact) mass is 382 g/mol. The largest absolute Gasteiger partial charge is 0.354 e. The molecule has 7 nitrogen and oxygen atoms in total. The molecule has 2 aromatic heterocycles. The third-order valence-electron chi connectivity index (χ3n) is 5.83. The Bertz CT molecular complexity index is 948. The maximum absolute atomic E-state index is 13.7. The molecule has 146 valence electrons. The second-order valence-electron chi connectivity index (χ2n) is 7.64. The van der Waals surface area contributed by atoms with Crippen LogP contribution in [-0.2, 0) is 0 Å². The molecule has 28 heavy (non-hydrogen) atoms. The first-order valence-electron chi connectivity index (χ1n) is 9.81. The van der Waals surface area contributed by atoms with Crippen molar-refractivity contribution in [1.29, 1.82) is 0 Å². The Kier molecular flexibility index (Phi) is 4.56. The fourth-order valence-electron chi connectivity index (χ4n) is 4.37. The highest BCUT2D eigenvalue weighted by Crippen LogP contribution is 2.31. The van der Waals surface area contributed by atoms with Gasteiger partial charge in [0.15, 0.2) is 11.4 Å². The zero-order chi connectivity index (χ0) is 18.9. The molecular weight excluding hydrogens is 359 g/mol. The molecule has 0 aliphatic carbocycles. The number of piperidine rings is 1. The third kappa shape index (κ3) is 3.40. The minimum Gasteiger partial charge on any atom is -0.354 e. The van der Waals surface area contributed by atoms with Gasteiger partial charge in [-0.25, -0.2) is 14.4 Å². The van der Waals surface area contributed by atoms with Gasteiger partial charge in [-0.2, -0.15) is 0 Å². The molecule has 0 spiro atoms. The molecule has 3 aromatic rings. The maximum Gasteiger partial charge on any atom is 0.222 e. The highest BCUT2D eigenvalue weighted by molar-refractivity contribution is 5.88. The Labute approximate surface area is 162 Å². The van der Waals surface area contributed by atoms with Crippen LogP contribution in [0.2, 0.25) is 0 Å². The summed E-state index contributed by atoms with van der Waals surface area (Å²) in [7, 11) is 0. The van der Waals surface area contributed by atoms with Crippen LogP contribution in [0.25, 0.3) is 11.0 Å². The van der Waals surface area contributed by atoms with Gasteiger partial charge in [0.25, 0.3) is 0 Å². The lowest BCUT2D eigenvalue weighted by atomic mass is 9.91. The van der Waals surface area contributed by atoms with Crippen molar-refractivity contribution in [3.05, 3.63) is 42.5 Å². The molecule has 0 bridgehead atoms. The van der Waals surface area contributed by atoms with Crippen LogP contribution < -0.4 is 10.2 Å². The number of benzene rings is 1. The van der Waals surface area contributed by atoms with E-state index in [1.807, 2.05) is 6.07 Å². The molecule has 0 amide bonds. The zero-order valence-electron chi connectivity index (χ0n) is 15.6. The lowest BCUT2D eigenvalue weighted by Crippen LogP contribution is -2.57. The summed E-state index contributed by atoms with van der Waals surface area (Å²) in [5, 5.41) is 8.33. The number of anilines is 2. The topological polar surface area (TPSA) is 70.3 Å². The maximum atomic E-state index is 13.7. The van der Waals surface area contributed by atoms with Crippen molar-refractivity contribution in [2.45, 2.75) is 18.9 Å². The minimum atomic E-state index is -0.258. The van der Waals surface area contributed by atoms with Gasteiger partial charge in [-0.15, -0.1) is 0 Å². The number of aromatic nitrogens is 3. The van der Waals surface area contributed by atoms with E-state index in [0.717, 1.165) is 50.3 Å². The van der Waals surface area contributed by atoms with Crippen molar-refractivity contribution in [3.8, 4) is 0 Å². The fourth-order valence-corrected chi connectivity index (χ4v) is 4.37. The van der Waals surface area contributed by atoms with Gasteiger partial charge in [0.05, 0.1) is 5.39 Å². The Balaban J connectivity index is 1.21. The Morgan fingerprint density at radius 2 is 2.04 bits per heavy atom. The molecule has 8 heteroatoms. The smallest absolute Gasteiger partial charge is 0.222 e. The van der Waals surface area contributed by atoms with Crippen molar-refractivity contribution in [1.82, 2.24) is 20.0 Å². The van der Waals surface area contributed by atoms with Crippen LogP contribution >= 0.6 is 0 Å². The summed E-state index contributed by atoms with van der Waals surface area (Å²) < 4.78 is 19.0. The third-order valence-corrected chi connectivity index (χ3v) is 5.83. The fraction of sp³-hybridized carbons (Fsp3) is 0.450. The predicted octanol–water partition coefficient (Wildman–Crippen LogP) is 2.77. The number of fused-ring (bicyclic) bond motifs is 2. The van der Waals surface area contributed by atoms with Gasteiger partial charge in [-0.1, -0.05) is 5.16 Å². The van der Waals surface area contributed by atoms with Crippen LogP contribution in [0.5, 0.6) is 0 Å². The van der Waals surface area contributed by atoms with E-state index in [0.29, 0.717) is 23.5 Å². The van der Waals surface area contributed by atoms with Gasteiger partial charge in [-0.05, 0) is 43.0 Å². The number of nitrogens with one attached hydrogen (secondary N) is 1. The second kappa shape index (κ2) is 7.35. The summed E-state index contributed by atoms with van der Waals surface area (Å²) in [6.45, 7) is 4.72. The molecule has 0 radical (unpaired) electrons. The normalized spacial score (nSPS) is 23.0. The van der Waals surface area contributed by atoms with E-state index < -0.39 is 0 Å². The van der Waals surface area contributed by atoms with Gasteiger partial charge in [0, 0.05) is 51.2 Å². The van der Waals surface area contributed by atoms with E-state index >= 15 is 0 Å². The van der Waals surface area contributed by atoms with Gasteiger partial charge >= 0.3 is 0 Å². The van der Waals surface area contributed by atoms with E-state index in [-0.39, 0.29) is 5.82 Å². The number of hydrogen-bond donors (Lipinski definition) is 1. The van der Waals surface area contributed by atoms with Crippen molar-refractivity contribution in [2.24, 2.45) is 5.92 Å². The average Bonchev–Trinajstić information content (AvgIpc) is 3.15. The van der Waals surface area contributed by atoms with Gasteiger partial charge < -0.3 is 14.7 Å². The van der Waals surface area contributed by atoms with E-state index in [1.165, 1.54) is 18.6 Å². The van der Waals surface area contributed by atoms with Crippen LogP contribution in [0.15, 0.2) is 41.2 Å². The molecule has 1 aromatic carbocycles. The molecule has 0 saturated carbocycles. The van der Waals surface area contributed by atoms with Crippen LogP contribution in [-0.4, -0.2) is 58.8 Å². The molecule has 1 N–H and O–H groups in total. The Morgan fingerprint density at radius 1 is 1.14 bits per heavy atom. The summed E-state index contributed by atoms with van der Waals surface area (Å²) in [5.74, 6) is 1.79. The van der Waals surface area contributed by atoms with Crippen LogP contribution in [0.4, 0.5) is 16.2 Å². The molecule has 2 fully saturated rings.